The van der Waals surface area contributed by atoms with Crippen molar-refractivity contribution >= 4 is 0 Å². The summed E-state index contributed by atoms with van der Waals surface area (Å²) in [6.45, 7) is 3.38. The highest BCUT2D eigenvalue weighted by molar-refractivity contribution is 4.70. The van der Waals surface area contributed by atoms with Gasteiger partial charge in [-0.2, -0.15) is 0 Å². The van der Waals surface area contributed by atoms with Crippen molar-refractivity contribution in [1.29, 1.82) is 0 Å². The maximum absolute atomic E-state index is 7.53. The van der Waals surface area contributed by atoms with Gasteiger partial charge in [-0.1, -0.05) is 0 Å². The largest absolute Gasteiger partial charge is 0.378 e. The zero-order valence-corrected chi connectivity index (χ0v) is 5.27. The quantitative estimate of drug-likeness (QED) is 0.495. The van der Waals surface area contributed by atoms with Crippen LogP contribution in [0.15, 0.2) is 0 Å². The van der Waals surface area contributed by atoms with E-state index in [0.717, 1.165) is 0 Å². The molecule has 1 rings (SSSR count). The van der Waals surface area contributed by atoms with Gasteiger partial charge in [-0.25, -0.2) is 0 Å². The van der Waals surface area contributed by atoms with Crippen LogP contribution in [0.1, 0.15) is 16.6 Å². The van der Waals surface area contributed by atoms with Crippen molar-refractivity contribution < 1.29 is 7.48 Å². The predicted octanol–water partition coefficient (Wildman–Crippen LogP) is 0.383. The lowest BCUT2D eigenvalue weighted by atomic mass is 10.2. The van der Waals surface area contributed by atoms with Gasteiger partial charge in [-0.05, 0) is 13.8 Å². The normalized spacial score (nSPS) is 61.8. The highest BCUT2D eigenvalue weighted by Gasteiger charge is 2.12. The fourth-order valence-corrected chi connectivity index (χ4v) is 0.782. The van der Waals surface area contributed by atoms with Crippen LogP contribution < -0.4 is 5.32 Å². The molecule has 0 aromatic heterocycles. The van der Waals surface area contributed by atoms with E-state index in [1.807, 2.05) is 6.92 Å². The van der Waals surface area contributed by atoms with Crippen molar-refractivity contribution in [2.45, 2.75) is 25.9 Å². The summed E-state index contributed by atoms with van der Waals surface area (Å²) in [5.41, 5.74) is 0. The smallest absolute Gasteiger partial charge is 0.0617 e. The van der Waals surface area contributed by atoms with Crippen LogP contribution in [0.5, 0.6) is 0 Å². The molecule has 0 aromatic carbocycles. The second kappa shape index (κ2) is 2.46. The Balaban J connectivity index is 2.49. The maximum atomic E-state index is 7.53. The van der Waals surface area contributed by atoms with E-state index < -0.39 is 12.6 Å². The molecule has 0 saturated carbocycles. The Bertz CT molecular complexity index is 129. The Morgan fingerprint density at radius 2 is 2.62 bits per heavy atom. The fourth-order valence-electron chi connectivity index (χ4n) is 0.782. The first-order valence-electron chi connectivity index (χ1n) is 3.90. The summed E-state index contributed by atoms with van der Waals surface area (Å²) in [6, 6.07) is -0.756. The lowest BCUT2D eigenvalue weighted by Crippen LogP contribution is -2.45. The third-order valence-corrected chi connectivity index (χ3v) is 1.07. The van der Waals surface area contributed by atoms with E-state index >= 15 is 0 Å². The Hall–Kier alpha value is -0.0800. The van der Waals surface area contributed by atoms with Gasteiger partial charge in [0.25, 0.3) is 0 Å². The molecule has 2 heteroatoms. The Labute approximate surface area is 53.0 Å². The third kappa shape index (κ3) is 1.46. The molecule has 8 heavy (non-hydrogen) atoms. The van der Waals surface area contributed by atoms with Crippen molar-refractivity contribution in [3.05, 3.63) is 0 Å². The minimum atomic E-state index is -0.711. The molecule has 0 bridgehead atoms. The van der Waals surface area contributed by atoms with Gasteiger partial charge in [-0.15, -0.1) is 0 Å². The molecule has 0 aromatic rings. The Kier molecular flexibility index (Phi) is 1.19. The van der Waals surface area contributed by atoms with Crippen molar-refractivity contribution in [2.24, 2.45) is 0 Å². The van der Waals surface area contributed by atoms with Crippen molar-refractivity contribution in [1.82, 2.24) is 5.32 Å². The number of morpholine rings is 1. The van der Waals surface area contributed by atoms with Crippen LogP contribution in [0.2, 0.25) is 0 Å². The highest BCUT2D eigenvalue weighted by atomic mass is 16.5. The minimum Gasteiger partial charge on any atom is -0.378 e. The number of rotatable bonds is 0. The topological polar surface area (TPSA) is 21.3 Å². The second-order valence-electron chi connectivity index (χ2n) is 2.16. The van der Waals surface area contributed by atoms with Crippen LogP contribution in [-0.2, 0) is 4.74 Å². The molecule has 3 unspecified atom stereocenters. The van der Waals surface area contributed by atoms with Gasteiger partial charge >= 0.3 is 0 Å². The van der Waals surface area contributed by atoms with E-state index in [2.05, 4.69) is 5.32 Å². The van der Waals surface area contributed by atoms with Crippen molar-refractivity contribution in [3.8, 4) is 0 Å². The third-order valence-electron chi connectivity index (χ3n) is 1.07. The van der Waals surface area contributed by atoms with Crippen LogP contribution in [0, 0.1) is 0 Å². The summed E-state index contributed by atoms with van der Waals surface area (Å²) in [6.07, 6.45) is 0. The average Bonchev–Trinajstić information content (AvgIpc) is 1.79. The van der Waals surface area contributed by atoms with Gasteiger partial charge in [0.1, 0.15) is 0 Å². The predicted molar refractivity (Wildman–Crippen MR) is 32.9 cm³/mol. The highest BCUT2D eigenvalue weighted by Crippen LogP contribution is 1.96. The second-order valence-corrected chi connectivity index (χ2v) is 2.16. The van der Waals surface area contributed by atoms with Gasteiger partial charge in [0.05, 0.1) is 14.6 Å². The number of hydrogen-bond donors (Lipinski definition) is 1. The molecule has 48 valence electrons. The van der Waals surface area contributed by atoms with Crippen LogP contribution in [0.4, 0.5) is 0 Å². The standard InChI is InChI=1S/C6H13NO/c1-5-3-8-4-6(2)7-5/h5-7H,3-4H2,1-2H3/i3D,6D. The fraction of sp³-hybridized carbons (Fsp3) is 1.00. The van der Waals surface area contributed by atoms with Gasteiger partial charge in [0.15, 0.2) is 0 Å². The maximum Gasteiger partial charge on any atom is 0.0617 e. The van der Waals surface area contributed by atoms with Crippen LogP contribution >= 0.6 is 0 Å². The van der Waals surface area contributed by atoms with Gasteiger partial charge < -0.3 is 10.1 Å². The molecule has 2 nitrogen and oxygen atoms in total. The molecule has 1 fully saturated rings. The summed E-state index contributed by atoms with van der Waals surface area (Å²) in [7, 11) is 0. The summed E-state index contributed by atoms with van der Waals surface area (Å²) in [4.78, 5) is 0. The zero-order chi connectivity index (χ0) is 7.78. The SMILES string of the molecule is [2H]C1OCC([2H])(C)NC1C. The van der Waals surface area contributed by atoms with E-state index in [1.165, 1.54) is 0 Å². The molecular weight excluding hydrogens is 102 g/mol. The zero-order valence-electron chi connectivity index (χ0n) is 7.27. The van der Waals surface area contributed by atoms with Crippen LogP contribution in [0.25, 0.3) is 0 Å². The molecule has 1 aliphatic heterocycles. The molecule has 1 N–H and O–H groups in total. The molecule has 1 aliphatic rings. The van der Waals surface area contributed by atoms with E-state index in [0.29, 0.717) is 6.61 Å². The van der Waals surface area contributed by atoms with Crippen LogP contribution in [0.3, 0.4) is 0 Å². The molecule has 0 radical (unpaired) electrons. The van der Waals surface area contributed by atoms with Gasteiger partial charge in [0, 0.05) is 13.4 Å². The Morgan fingerprint density at radius 3 is 3.12 bits per heavy atom. The first kappa shape index (κ1) is 3.85. The molecule has 1 heterocycles. The monoisotopic (exact) mass is 117 g/mol. The number of hydrogen-bond acceptors (Lipinski definition) is 2. The van der Waals surface area contributed by atoms with Crippen molar-refractivity contribution in [2.75, 3.05) is 13.2 Å². The van der Waals surface area contributed by atoms with E-state index in [4.69, 9.17) is 7.48 Å². The molecule has 1 saturated heterocycles. The molecule has 0 aliphatic carbocycles. The molecule has 3 atom stereocenters. The molecular formula is C6H13NO. The molecule has 0 amide bonds. The lowest BCUT2D eigenvalue weighted by Gasteiger charge is -2.25. The number of ether oxygens (including phenoxy) is 1. The lowest BCUT2D eigenvalue weighted by molar-refractivity contribution is 0.0560. The summed E-state index contributed by atoms with van der Waals surface area (Å²) >= 11 is 0. The first-order valence-corrected chi connectivity index (χ1v) is 2.83. The van der Waals surface area contributed by atoms with E-state index in [-0.39, 0.29) is 6.04 Å². The van der Waals surface area contributed by atoms with Crippen LogP contribution in [-0.4, -0.2) is 25.2 Å². The summed E-state index contributed by atoms with van der Waals surface area (Å²) < 4.78 is 19.8. The van der Waals surface area contributed by atoms with E-state index in [9.17, 15) is 0 Å². The summed E-state index contributed by atoms with van der Waals surface area (Å²) in [5.74, 6) is 0. The van der Waals surface area contributed by atoms with E-state index in [1.54, 1.807) is 6.92 Å². The van der Waals surface area contributed by atoms with Gasteiger partial charge in [0.2, 0.25) is 0 Å². The van der Waals surface area contributed by atoms with Crippen molar-refractivity contribution in [3.63, 3.8) is 0 Å². The minimum absolute atomic E-state index is 0.0451. The summed E-state index contributed by atoms with van der Waals surface area (Å²) in [5, 5.41) is 2.96. The number of nitrogens with one attached hydrogen (secondary N) is 1. The first-order chi connectivity index (χ1) is 4.51. The van der Waals surface area contributed by atoms with Gasteiger partial charge in [-0.3, -0.25) is 0 Å². The average molecular weight is 117 g/mol. The Morgan fingerprint density at radius 1 is 1.88 bits per heavy atom. The molecule has 0 spiro atoms.